The van der Waals surface area contributed by atoms with Gasteiger partial charge < -0.3 is 14.0 Å². The largest absolute Gasteiger partial charge is 0.394 e. The van der Waals surface area contributed by atoms with Crippen LogP contribution in [0.5, 0.6) is 0 Å². The third kappa shape index (κ3) is 5.81. The number of carbonyl (C=O) groups excluding carboxylic acids is 1. The van der Waals surface area contributed by atoms with Gasteiger partial charge in [-0.1, -0.05) is 0 Å². The van der Waals surface area contributed by atoms with Gasteiger partial charge in [-0.2, -0.15) is 0 Å². The van der Waals surface area contributed by atoms with Crippen LogP contribution >= 0.6 is 0 Å². The number of aliphatic hydroxyl groups excluding tert-OH is 1. The van der Waals surface area contributed by atoms with Crippen LogP contribution in [0.3, 0.4) is 0 Å². The number of rotatable bonds is 9. The Labute approximate surface area is 91.4 Å². The summed E-state index contributed by atoms with van der Waals surface area (Å²) in [6.07, 6.45) is 2.11. The summed E-state index contributed by atoms with van der Waals surface area (Å²) in [6, 6.07) is 0.649. The molecule has 0 aliphatic heterocycles. The molecule has 0 atom stereocenters. The van der Waals surface area contributed by atoms with E-state index in [4.69, 9.17) is 8.85 Å². The van der Waals surface area contributed by atoms with E-state index in [-0.39, 0.29) is 6.23 Å². The summed E-state index contributed by atoms with van der Waals surface area (Å²) >= 11 is 0. The molecule has 0 aromatic carbocycles. The molecular formula is C9H19NO4Si. The SMILES string of the molecule is CCO[Si](CO)(CCCN=C=O)OCC. The van der Waals surface area contributed by atoms with Crippen LogP contribution in [0.1, 0.15) is 20.3 Å². The highest BCUT2D eigenvalue weighted by atomic mass is 28.4. The lowest BCUT2D eigenvalue weighted by Gasteiger charge is -2.27. The Morgan fingerprint density at radius 1 is 1.33 bits per heavy atom. The van der Waals surface area contributed by atoms with E-state index in [0.717, 1.165) is 0 Å². The van der Waals surface area contributed by atoms with Gasteiger partial charge in [0.05, 0.1) is 12.8 Å². The third-order valence-corrected chi connectivity index (χ3v) is 5.17. The minimum atomic E-state index is -2.45. The molecule has 0 amide bonds. The van der Waals surface area contributed by atoms with Crippen molar-refractivity contribution >= 4 is 14.6 Å². The lowest BCUT2D eigenvalue weighted by Crippen LogP contribution is -2.46. The molecule has 0 saturated carbocycles. The second-order valence-electron chi connectivity index (χ2n) is 3.01. The number of hydrogen-bond acceptors (Lipinski definition) is 5. The van der Waals surface area contributed by atoms with Crippen molar-refractivity contribution in [2.75, 3.05) is 26.0 Å². The van der Waals surface area contributed by atoms with Crippen molar-refractivity contribution in [1.82, 2.24) is 0 Å². The fourth-order valence-corrected chi connectivity index (χ4v) is 3.82. The molecule has 0 fully saturated rings. The Morgan fingerprint density at radius 2 is 1.93 bits per heavy atom. The number of aliphatic hydroxyl groups is 1. The highest BCUT2D eigenvalue weighted by Crippen LogP contribution is 2.15. The topological polar surface area (TPSA) is 68.1 Å². The smallest absolute Gasteiger partial charge is 0.364 e. The molecule has 0 saturated heterocycles. The summed E-state index contributed by atoms with van der Waals surface area (Å²) in [7, 11) is -2.45. The molecular weight excluding hydrogens is 214 g/mol. The monoisotopic (exact) mass is 233 g/mol. The highest BCUT2D eigenvalue weighted by Gasteiger charge is 2.35. The maximum absolute atomic E-state index is 9.86. The normalized spacial score (nSPS) is 11.1. The van der Waals surface area contributed by atoms with Gasteiger partial charge in [0.1, 0.15) is 0 Å². The van der Waals surface area contributed by atoms with Gasteiger partial charge in [-0.3, -0.25) is 0 Å². The van der Waals surface area contributed by atoms with Crippen LogP contribution in [0.2, 0.25) is 6.04 Å². The number of hydrogen-bond donors (Lipinski definition) is 1. The second-order valence-corrected chi connectivity index (χ2v) is 6.23. The minimum Gasteiger partial charge on any atom is -0.394 e. The van der Waals surface area contributed by atoms with Crippen molar-refractivity contribution in [3.05, 3.63) is 0 Å². The molecule has 0 bridgehead atoms. The van der Waals surface area contributed by atoms with E-state index < -0.39 is 8.56 Å². The molecule has 0 rings (SSSR count). The number of nitrogens with zero attached hydrogens (tertiary/aromatic N) is 1. The first kappa shape index (κ1) is 14.5. The fraction of sp³-hybridized carbons (Fsp3) is 0.889. The van der Waals surface area contributed by atoms with Gasteiger partial charge in [0, 0.05) is 13.2 Å². The lowest BCUT2D eigenvalue weighted by atomic mass is 10.5. The van der Waals surface area contributed by atoms with Gasteiger partial charge in [0.2, 0.25) is 6.08 Å². The second kappa shape index (κ2) is 8.76. The van der Waals surface area contributed by atoms with Gasteiger partial charge in [-0.05, 0) is 26.3 Å². The van der Waals surface area contributed by atoms with Crippen LogP contribution in [0, 0.1) is 0 Å². The average molecular weight is 233 g/mol. The Morgan fingerprint density at radius 3 is 2.33 bits per heavy atom. The molecule has 1 N–H and O–H groups in total. The van der Waals surface area contributed by atoms with Crippen molar-refractivity contribution in [1.29, 1.82) is 0 Å². The van der Waals surface area contributed by atoms with Crippen LogP contribution in [0.15, 0.2) is 4.99 Å². The predicted octanol–water partition coefficient (Wildman–Crippen LogP) is 0.759. The molecule has 0 heterocycles. The van der Waals surface area contributed by atoms with Gasteiger partial charge in [0.25, 0.3) is 0 Å². The van der Waals surface area contributed by atoms with Crippen molar-refractivity contribution in [2.45, 2.75) is 26.3 Å². The molecule has 0 aromatic rings. The molecule has 0 radical (unpaired) electrons. The van der Waals surface area contributed by atoms with Gasteiger partial charge >= 0.3 is 8.56 Å². The van der Waals surface area contributed by atoms with Crippen LogP contribution in [-0.4, -0.2) is 45.7 Å². The summed E-state index contributed by atoms with van der Waals surface area (Å²) < 4.78 is 11.1. The molecule has 6 heteroatoms. The molecule has 15 heavy (non-hydrogen) atoms. The molecule has 88 valence electrons. The van der Waals surface area contributed by atoms with Crippen molar-refractivity contribution in [3.63, 3.8) is 0 Å². The first-order valence-corrected chi connectivity index (χ1v) is 7.40. The van der Waals surface area contributed by atoms with E-state index in [1.165, 1.54) is 6.08 Å². The quantitative estimate of drug-likeness (QED) is 0.276. The zero-order chi connectivity index (χ0) is 11.6. The predicted molar refractivity (Wildman–Crippen MR) is 58.5 cm³/mol. The van der Waals surface area contributed by atoms with Crippen LogP contribution < -0.4 is 0 Å². The summed E-state index contributed by atoms with van der Waals surface area (Å²) in [5.41, 5.74) is 0. The summed E-state index contributed by atoms with van der Waals surface area (Å²) in [5.74, 6) is 0. The Kier molecular flexibility index (Phi) is 8.45. The Bertz CT molecular complexity index is 200. The van der Waals surface area contributed by atoms with E-state index in [1.807, 2.05) is 13.8 Å². The van der Waals surface area contributed by atoms with Crippen LogP contribution in [-0.2, 0) is 13.6 Å². The molecule has 0 aromatic heterocycles. The number of isocyanates is 1. The maximum atomic E-state index is 9.86. The molecule has 0 spiro atoms. The van der Waals surface area contributed by atoms with Gasteiger partial charge in [-0.15, -0.1) is 0 Å². The maximum Gasteiger partial charge on any atom is 0.364 e. The third-order valence-electron chi connectivity index (χ3n) is 1.95. The van der Waals surface area contributed by atoms with E-state index in [0.29, 0.717) is 32.2 Å². The fourth-order valence-electron chi connectivity index (χ4n) is 1.36. The van der Waals surface area contributed by atoms with E-state index in [2.05, 4.69) is 4.99 Å². The molecule has 0 aliphatic carbocycles. The minimum absolute atomic E-state index is 0.0561. The zero-order valence-electron chi connectivity index (χ0n) is 9.36. The first-order valence-electron chi connectivity index (χ1n) is 5.17. The molecule has 5 nitrogen and oxygen atoms in total. The molecule has 0 aliphatic rings. The van der Waals surface area contributed by atoms with Gasteiger partial charge in [-0.25, -0.2) is 9.79 Å². The molecule has 0 unspecified atom stereocenters. The average Bonchev–Trinajstić information content (AvgIpc) is 2.25. The summed E-state index contributed by atoms with van der Waals surface area (Å²) in [6.45, 7) is 5.23. The van der Waals surface area contributed by atoms with Crippen molar-refractivity contribution in [2.24, 2.45) is 4.99 Å². The highest BCUT2D eigenvalue weighted by molar-refractivity contribution is 6.67. The van der Waals surface area contributed by atoms with E-state index in [1.54, 1.807) is 0 Å². The van der Waals surface area contributed by atoms with Crippen molar-refractivity contribution in [3.8, 4) is 0 Å². The van der Waals surface area contributed by atoms with Gasteiger partial charge in [0.15, 0.2) is 0 Å². The Hall–Kier alpha value is -0.523. The lowest BCUT2D eigenvalue weighted by molar-refractivity contribution is 0.152. The Balaban J connectivity index is 4.13. The van der Waals surface area contributed by atoms with Crippen molar-refractivity contribution < 1.29 is 18.8 Å². The zero-order valence-corrected chi connectivity index (χ0v) is 10.4. The summed E-state index contributed by atoms with van der Waals surface area (Å²) in [4.78, 5) is 13.3. The number of aliphatic imine (C=N–C) groups is 1. The van der Waals surface area contributed by atoms with E-state index in [9.17, 15) is 9.90 Å². The summed E-state index contributed by atoms with van der Waals surface area (Å²) in [5, 5.41) is 9.30. The van der Waals surface area contributed by atoms with Crippen LogP contribution in [0.4, 0.5) is 0 Å². The van der Waals surface area contributed by atoms with E-state index >= 15 is 0 Å². The first-order chi connectivity index (χ1) is 7.24. The van der Waals surface area contributed by atoms with Crippen LogP contribution in [0.25, 0.3) is 0 Å². The standard InChI is InChI=1S/C9H19NO4Si/c1-3-13-15(9-12,14-4-2)7-5-6-10-8-11/h12H,3-7,9H2,1-2H3.